The molecule has 0 spiro atoms. The fourth-order valence-electron chi connectivity index (χ4n) is 2.89. The van der Waals surface area contributed by atoms with Crippen molar-refractivity contribution >= 4 is 10.0 Å². The first-order valence-corrected chi connectivity index (χ1v) is 8.76. The van der Waals surface area contributed by atoms with Crippen molar-refractivity contribution in [2.45, 2.75) is 57.0 Å². The van der Waals surface area contributed by atoms with Crippen molar-refractivity contribution in [2.75, 3.05) is 0 Å². The highest BCUT2D eigenvalue weighted by Crippen LogP contribution is 2.32. The van der Waals surface area contributed by atoms with Crippen LogP contribution in [-0.2, 0) is 10.0 Å². The predicted molar refractivity (Wildman–Crippen MR) is 79.2 cm³/mol. The number of nitrogens with two attached hydrogens (primary N) is 1. The Kier molecular flexibility index (Phi) is 4.70. The van der Waals surface area contributed by atoms with Crippen molar-refractivity contribution in [3.63, 3.8) is 0 Å². The molecule has 1 aromatic rings. The van der Waals surface area contributed by atoms with E-state index in [4.69, 9.17) is 9.88 Å². The van der Waals surface area contributed by atoms with Gasteiger partial charge in [-0.15, -0.1) is 0 Å². The average Bonchev–Trinajstić information content (AvgIpc) is 2.40. The van der Waals surface area contributed by atoms with Gasteiger partial charge in [0, 0.05) is 0 Å². The third-order valence-electron chi connectivity index (χ3n) is 4.12. The number of aryl methyl sites for hydroxylation is 1. The monoisotopic (exact) mass is 297 g/mol. The third kappa shape index (κ3) is 3.52. The molecule has 2 atom stereocenters. The van der Waals surface area contributed by atoms with Gasteiger partial charge in [-0.1, -0.05) is 13.3 Å². The van der Waals surface area contributed by atoms with E-state index in [-0.39, 0.29) is 11.0 Å². The van der Waals surface area contributed by atoms with Crippen molar-refractivity contribution < 1.29 is 13.2 Å². The maximum Gasteiger partial charge on any atom is 0.238 e. The molecule has 1 fully saturated rings. The molecule has 4 nitrogen and oxygen atoms in total. The number of hydrogen-bond acceptors (Lipinski definition) is 3. The fourth-order valence-corrected chi connectivity index (χ4v) is 3.49. The van der Waals surface area contributed by atoms with Gasteiger partial charge in [-0.2, -0.15) is 0 Å². The van der Waals surface area contributed by atoms with Crippen LogP contribution in [0, 0.1) is 12.8 Å². The summed E-state index contributed by atoms with van der Waals surface area (Å²) in [5.74, 6) is 1.36. The Morgan fingerprint density at radius 2 is 2.00 bits per heavy atom. The van der Waals surface area contributed by atoms with Gasteiger partial charge in [0.25, 0.3) is 0 Å². The molecule has 20 heavy (non-hydrogen) atoms. The molecule has 1 saturated carbocycles. The summed E-state index contributed by atoms with van der Waals surface area (Å²) in [4.78, 5) is 0.137. The maximum atomic E-state index is 11.3. The van der Waals surface area contributed by atoms with E-state index in [9.17, 15) is 8.42 Å². The molecule has 0 radical (unpaired) electrons. The molecule has 0 amide bonds. The normalized spacial score (nSPS) is 23.6. The zero-order valence-corrected chi connectivity index (χ0v) is 12.9. The first-order valence-electron chi connectivity index (χ1n) is 7.22. The zero-order chi connectivity index (χ0) is 14.8. The van der Waals surface area contributed by atoms with Gasteiger partial charge in [0.15, 0.2) is 0 Å². The van der Waals surface area contributed by atoms with E-state index in [0.717, 1.165) is 24.2 Å². The molecule has 1 aliphatic rings. The van der Waals surface area contributed by atoms with Crippen molar-refractivity contribution in [3.05, 3.63) is 23.8 Å². The highest BCUT2D eigenvalue weighted by atomic mass is 32.2. The molecule has 5 heteroatoms. The first kappa shape index (κ1) is 15.3. The summed E-state index contributed by atoms with van der Waals surface area (Å²) in [5.41, 5.74) is 0.817. The van der Waals surface area contributed by atoms with Crippen LogP contribution in [0.5, 0.6) is 5.75 Å². The Hall–Kier alpha value is -1.07. The molecule has 0 heterocycles. The van der Waals surface area contributed by atoms with Crippen molar-refractivity contribution in [1.82, 2.24) is 0 Å². The lowest BCUT2D eigenvalue weighted by molar-refractivity contribution is 0.0896. The summed E-state index contributed by atoms with van der Waals surface area (Å²) in [6, 6.07) is 4.81. The van der Waals surface area contributed by atoms with Gasteiger partial charge < -0.3 is 4.74 Å². The fraction of sp³-hybridized carbons (Fsp3) is 0.600. The minimum Gasteiger partial charge on any atom is -0.490 e. The second-order valence-corrected chi connectivity index (χ2v) is 7.14. The van der Waals surface area contributed by atoms with Crippen LogP contribution in [-0.4, -0.2) is 14.5 Å². The first-order chi connectivity index (χ1) is 9.41. The van der Waals surface area contributed by atoms with Crippen LogP contribution in [0.25, 0.3) is 0 Å². The Bertz CT molecular complexity index is 568. The highest BCUT2D eigenvalue weighted by molar-refractivity contribution is 7.89. The second-order valence-electron chi connectivity index (χ2n) is 5.58. The number of ether oxygens (including phenoxy) is 1. The molecular formula is C15H23NO3S. The summed E-state index contributed by atoms with van der Waals surface area (Å²) in [7, 11) is -3.65. The molecule has 0 aliphatic heterocycles. The largest absolute Gasteiger partial charge is 0.490 e. The highest BCUT2D eigenvalue weighted by Gasteiger charge is 2.25. The lowest BCUT2D eigenvalue weighted by atomic mass is 9.84. The number of primary sulfonamides is 1. The van der Waals surface area contributed by atoms with Gasteiger partial charge in [-0.3, -0.25) is 0 Å². The van der Waals surface area contributed by atoms with Gasteiger partial charge in [0.2, 0.25) is 10.0 Å². The number of hydrogen-bond donors (Lipinski definition) is 1. The third-order valence-corrected chi connectivity index (χ3v) is 5.03. The summed E-state index contributed by atoms with van der Waals surface area (Å²) in [6.45, 7) is 4.05. The average molecular weight is 297 g/mol. The van der Waals surface area contributed by atoms with Crippen LogP contribution in [0.2, 0.25) is 0 Å². The second kappa shape index (κ2) is 6.14. The number of sulfonamides is 1. The van der Waals surface area contributed by atoms with Crippen LogP contribution in [0.15, 0.2) is 23.1 Å². The van der Waals surface area contributed by atoms with Gasteiger partial charge in [-0.25, -0.2) is 13.6 Å². The van der Waals surface area contributed by atoms with Crippen LogP contribution >= 0.6 is 0 Å². The lowest BCUT2D eigenvalue weighted by Crippen LogP contribution is -2.30. The standard InChI is InChI=1S/C15H23NO3S/c1-3-12-6-4-5-7-15(12)19-14-9-8-13(10-11(14)2)20(16,17)18/h8-10,12,15H,3-7H2,1-2H3,(H2,16,17,18). The molecule has 0 saturated heterocycles. The van der Waals surface area contributed by atoms with E-state index >= 15 is 0 Å². The topological polar surface area (TPSA) is 69.4 Å². The summed E-state index contributed by atoms with van der Waals surface area (Å²) in [5, 5.41) is 5.13. The Balaban J connectivity index is 2.17. The van der Waals surface area contributed by atoms with Crippen LogP contribution in [0.4, 0.5) is 0 Å². The van der Waals surface area contributed by atoms with E-state index in [1.165, 1.54) is 25.3 Å². The molecule has 1 aliphatic carbocycles. The Labute approximate surface area is 121 Å². The van der Waals surface area contributed by atoms with Crippen LogP contribution in [0.1, 0.15) is 44.6 Å². The molecule has 112 valence electrons. The van der Waals surface area contributed by atoms with Gasteiger partial charge in [-0.05, 0) is 62.3 Å². The Morgan fingerprint density at radius 1 is 1.30 bits per heavy atom. The number of benzene rings is 1. The lowest BCUT2D eigenvalue weighted by Gasteiger charge is -2.31. The quantitative estimate of drug-likeness (QED) is 0.928. The van der Waals surface area contributed by atoms with E-state index < -0.39 is 10.0 Å². The van der Waals surface area contributed by atoms with Gasteiger partial charge >= 0.3 is 0 Å². The molecule has 2 rings (SSSR count). The molecule has 0 aromatic heterocycles. The Morgan fingerprint density at radius 3 is 2.60 bits per heavy atom. The van der Waals surface area contributed by atoms with Gasteiger partial charge in [0.1, 0.15) is 11.9 Å². The van der Waals surface area contributed by atoms with Gasteiger partial charge in [0.05, 0.1) is 4.90 Å². The van der Waals surface area contributed by atoms with Crippen molar-refractivity contribution in [3.8, 4) is 5.75 Å². The molecule has 0 bridgehead atoms. The molecular weight excluding hydrogens is 274 g/mol. The number of rotatable bonds is 4. The zero-order valence-electron chi connectivity index (χ0n) is 12.1. The van der Waals surface area contributed by atoms with E-state index in [1.807, 2.05) is 6.92 Å². The van der Waals surface area contributed by atoms with E-state index in [0.29, 0.717) is 5.92 Å². The minimum absolute atomic E-state index is 0.137. The maximum absolute atomic E-state index is 11.3. The summed E-state index contributed by atoms with van der Waals surface area (Å²) >= 11 is 0. The van der Waals surface area contributed by atoms with Crippen LogP contribution in [0.3, 0.4) is 0 Å². The SMILES string of the molecule is CCC1CCCCC1Oc1ccc(S(N)(=O)=O)cc1C. The van der Waals surface area contributed by atoms with Crippen LogP contribution < -0.4 is 9.88 Å². The van der Waals surface area contributed by atoms with E-state index in [1.54, 1.807) is 12.1 Å². The minimum atomic E-state index is -3.65. The van der Waals surface area contributed by atoms with Crippen molar-refractivity contribution in [1.29, 1.82) is 0 Å². The molecule has 2 unspecified atom stereocenters. The summed E-state index contributed by atoms with van der Waals surface area (Å²) < 4.78 is 28.8. The smallest absolute Gasteiger partial charge is 0.238 e. The molecule has 1 aromatic carbocycles. The van der Waals surface area contributed by atoms with Crippen molar-refractivity contribution in [2.24, 2.45) is 11.1 Å². The molecule has 2 N–H and O–H groups in total. The predicted octanol–water partition coefficient (Wildman–Crippen LogP) is 2.99. The summed E-state index contributed by atoms with van der Waals surface area (Å²) in [6.07, 6.45) is 6.15. The van der Waals surface area contributed by atoms with E-state index in [2.05, 4.69) is 6.92 Å².